The van der Waals surface area contributed by atoms with Crippen LogP contribution < -0.4 is 17.0 Å². The van der Waals surface area contributed by atoms with Crippen LogP contribution in [0.4, 0.5) is 11.4 Å². The summed E-state index contributed by atoms with van der Waals surface area (Å²) in [5.74, 6) is 4.36. The molecule has 5 N–H and O–H groups in total. The van der Waals surface area contributed by atoms with Crippen LogP contribution >= 0.6 is 0 Å². The first-order valence-corrected chi connectivity index (χ1v) is 5.13. The van der Waals surface area contributed by atoms with Gasteiger partial charge in [-0.3, -0.25) is 15.4 Å². The third-order valence-electron chi connectivity index (χ3n) is 2.14. The van der Waals surface area contributed by atoms with Gasteiger partial charge in [0.15, 0.2) is 5.78 Å². The number of hydrazine groups is 1. The summed E-state index contributed by atoms with van der Waals surface area (Å²) in [6.07, 6.45) is -0.290. The van der Waals surface area contributed by atoms with E-state index in [1.165, 1.54) is 12.1 Å². The van der Waals surface area contributed by atoms with E-state index in [1.54, 1.807) is 13.0 Å². The molecular formula is C11H15N3O3. The lowest BCUT2D eigenvalue weighted by Gasteiger charge is -2.07. The van der Waals surface area contributed by atoms with Crippen molar-refractivity contribution in [3.05, 3.63) is 23.8 Å². The topological polar surface area (TPSA) is 107 Å². The minimum atomic E-state index is -0.545. The van der Waals surface area contributed by atoms with E-state index in [1.807, 2.05) is 0 Å². The first kappa shape index (κ1) is 13.0. The van der Waals surface area contributed by atoms with Crippen LogP contribution in [0.1, 0.15) is 23.7 Å². The minimum absolute atomic E-state index is 0.253. The number of carbonyl (C=O) groups is 2. The van der Waals surface area contributed by atoms with Gasteiger partial charge >= 0.3 is 5.97 Å². The van der Waals surface area contributed by atoms with Gasteiger partial charge in [-0.2, -0.15) is 0 Å². The Morgan fingerprint density at radius 3 is 2.71 bits per heavy atom. The fourth-order valence-corrected chi connectivity index (χ4v) is 1.30. The minimum Gasteiger partial charge on any atom is -0.466 e. The normalized spacial score (nSPS) is 9.76. The maximum Gasteiger partial charge on any atom is 0.313 e. The smallest absolute Gasteiger partial charge is 0.313 e. The van der Waals surface area contributed by atoms with Gasteiger partial charge in [0, 0.05) is 5.56 Å². The first-order chi connectivity index (χ1) is 8.08. The SMILES string of the molecule is CCOC(=O)CC(=O)c1ccc(N)c(NN)c1. The van der Waals surface area contributed by atoms with E-state index in [9.17, 15) is 9.59 Å². The Labute approximate surface area is 98.9 Å². The Balaban J connectivity index is 2.79. The molecule has 1 rings (SSSR count). The molecule has 17 heavy (non-hydrogen) atoms. The second-order valence-electron chi connectivity index (χ2n) is 3.35. The zero-order valence-electron chi connectivity index (χ0n) is 9.53. The summed E-state index contributed by atoms with van der Waals surface area (Å²) in [4.78, 5) is 22.8. The van der Waals surface area contributed by atoms with Gasteiger partial charge in [0.2, 0.25) is 0 Å². The summed E-state index contributed by atoms with van der Waals surface area (Å²) < 4.78 is 4.69. The van der Waals surface area contributed by atoms with E-state index < -0.39 is 5.97 Å². The van der Waals surface area contributed by atoms with Crippen LogP contribution in [-0.4, -0.2) is 18.4 Å². The van der Waals surface area contributed by atoms with Gasteiger partial charge in [-0.15, -0.1) is 0 Å². The van der Waals surface area contributed by atoms with Crippen molar-refractivity contribution in [2.75, 3.05) is 17.8 Å². The number of ketones is 1. The van der Waals surface area contributed by atoms with Crippen LogP contribution in [-0.2, 0) is 9.53 Å². The van der Waals surface area contributed by atoms with Gasteiger partial charge in [-0.05, 0) is 25.1 Å². The number of Topliss-reactive ketones (excluding diaryl/α,β-unsaturated/α-hetero) is 1. The maximum absolute atomic E-state index is 11.7. The number of esters is 1. The predicted octanol–water partition coefficient (Wildman–Crippen LogP) is 0.690. The molecule has 0 saturated carbocycles. The van der Waals surface area contributed by atoms with Gasteiger partial charge < -0.3 is 15.9 Å². The summed E-state index contributed by atoms with van der Waals surface area (Å²) in [6.45, 7) is 1.94. The molecule has 0 saturated heterocycles. The average molecular weight is 237 g/mol. The van der Waals surface area contributed by atoms with E-state index in [0.717, 1.165) is 0 Å². The molecule has 6 nitrogen and oxygen atoms in total. The van der Waals surface area contributed by atoms with E-state index in [-0.39, 0.29) is 18.8 Å². The van der Waals surface area contributed by atoms with Gasteiger partial charge in [0.25, 0.3) is 0 Å². The Morgan fingerprint density at radius 1 is 1.41 bits per heavy atom. The zero-order valence-corrected chi connectivity index (χ0v) is 9.53. The number of nitrogens with one attached hydrogen (secondary N) is 1. The molecule has 0 amide bonds. The average Bonchev–Trinajstić information content (AvgIpc) is 2.29. The molecule has 0 spiro atoms. The molecule has 0 aliphatic heterocycles. The number of anilines is 2. The second-order valence-corrected chi connectivity index (χ2v) is 3.35. The quantitative estimate of drug-likeness (QED) is 0.174. The molecule has 0 atom stereocenters. The van der Waals surface area contributed by atoms with Crippen LogP contribution in [0.3, 0.4) is 0 Å². The lowest BCUT2D eigenvalue weighted by Crippen LogP contribution is -2.13. The molecule has 0 aliphatic carbocycles. The van der Waals surface area contributed by atoms with E-state index in [2.05, 4.69) is 10.2 Å². The van der Waals surface area contributed by atoms with Crippen molar-refractivity contribution in [3.63, 3.8) is 0 Å². The van der Waals surface area contributed by atoms with Crippen molar-refractivity contribution in [1.82, 2.24) is 0 Å². The molecule has 1 aromatic rings. The number of nitrogens with two attached hydrogens (primary N) is 2. The second kappa shape index (κ2) is 5.86. The molecule has 92 valence electrons. The standard InChI is InChI=1S/C11H15N3O3/c1-2-17-11(16)6-10(15)7-3-4-8(12)9(5-7)14-13/h3-5,14H,2,6,12-13H2,1H3. The van der Waals surface area contributed by atoms with Crippen LogP contribution in [0, 0.1) is 0 Å². The highest BCUT2D eigenvalue weighted by atomic mass is 16.5. The number of ether oxygens (including phenoxy) is 1. The van der Waals surface area contributed by atoms with Gasteiger partial charge in [0.05, 0.1) is 18.0 Å². The van der Waals surface area contributed by atoms with Crippen molar-refractivity contribution < 1.29 is 14.3 Å². The van der Waals surface area contributed by atoms with Crippen LogP contribution in [0.2, 0.25) is 0 Å². The van der Waals surface area contributed by atoms with Crippen LogP contribution in [0.25, 0.3) is 0 Å². The molecule has 6 heteroatoms. The fourth-order valence-electron chi connectivity index (χ4n) is 1.30. The third-order valence-corrected chi connectivity index (χ3v) is 2.14. The monoisotopic (exact) mass is 237 g/mol. The van der Waals surface area contributed by atoms with E-state index in [0.29, 0.717) is 16.9 Å². The molecule has 0 fully saturated rings. The number of hydrogen-bond donors (Lipinski definition) is 3. The molecule has 0 unspecified atom stereocenters. The highest BCUT2D eigenvalue weighted by Crippen LogP contribution is 2.19. The summed E-state index contributed by atoms with van der Waals surface area (Å²) in [5, 5.41) is 0. The van der Waals surface area contributed by atoms with E-state index in [4.69, 9.17) is 11.6 Å². The molecule has 0 aliphatic rings. The predicted molar refractivity (Wildman–Crippen MR) is 64.2 cm³/mol. The van der Waals surface area contributed by atoms with Crippen molar-refractivity contribution in [1.29, 1.82) is 0 Å². The highest BCUT2D eigenvalue weighted by Gasteiger charge is 2.13. The third kappa shape index (κ3) is 3.46. The van der Waals surface area contributed by atoms with Crippen molar-refractivity contribution in [2.24, 2.45) is 5.84 Å². The first-order valence-electron chi connectivity index (χ1n) is 5.13. The van der Waals surface area contributed by atoms with Crippen molar-refractivity contribution in [2.45, 2.75) is 13.3 Å². The van der Waals surface area contributed by atoms with Gasteiger partial charge in [0.1, 0.15) is 6.42 Å². The van der Waals surface area contributed by atoms with Crippen LogP contribution in [0.15, 0.2) is 18.2 Å². The summed E-state index contributed by atoms with van der Waals surface area (Å²) in [5.41, 5.74) is 9.22. The molecule has 0 heterocycles. The molecular weight excluding hydrogens is 222 g/mol. The fraction of sp³-hybridized carbons (Fsp3) is 0.273. The molecule has 0 aromatic heterocycles. The summed E-state index contributed by atoms with van der Waals surface area (Å²) >= 11 is 0. The van der Waals surface area contributed by atoms with Crippen molar-refractivity contribution >= 4 is 23.1 Å². The zero-order chi connectivity index (χ0) is 12.8. The molecule has 1 aromatic carbocycles. The Kier molecular flexibility index (Phi) is 4.47. The Bertz CT molecular complexity index is 432. The number of hydrogen-bond acceptors (Lipinski definition) is 6. The van der Waals surface area contributed by atoms with Crippen molar-refractivity contribution in [3.8, 4) is 0 Å². The number of nitrogen functional groups attached to an aromatic ring is 2. The van der Waals surface area contributed by atoms with Gasteiger partial charge in [-0.1, -0.05) is 0 Å². The van der Waals surface area contributed by atoms with Crippen LogP contribution in [0.5, 0.6) is 0 Å². The Hall–Kier alpha value is -2.08. The lowest BCUT2D eigenvalue weighted by molar-refractivity contribution is -0.141. The lowest BCUT2D eigenvalue weighted by atomic mass is 10.1. The van der Waals surface area contributed by atoms with Gasteiger partial charge in [-0.25, -0.2) is 0 Å². The number of carbonyl (C=O) groups excluding carboxylic acids is 2. The number of benzene rings is 1. The molecule has 0 radical (unpaired) electrons. The highest BCUT2D eigenvalue weighted by molar-refractivity contribution is 6.06. The number of rotatable bonds is 5. The molecule has 0 bridgehead atoms. The van der Waals surface area contributed by atoms with E-state index >= 15 is 0 Å². The Morgan fingerprint density at radius 2 is 2.12 bits per heavy atom. The maximum atomic E-state index is 11.7. The summed E-state index contributed by atoms with van der Waals surface area (Å²) in [7, 11) is 0. The summed E-state index contributed by atoms with van der Waals surface area (Å²) in [6, 6.07) is 4.59. The largest absolute Gasteiger partial charge is 0.466 e.